The van der Waals surface area contributed by atoms with E-state index in [9.17, 15) is 14.7 Å². The topological polar surface area (TPSA) is 87.1 Å². The van der Waals surface area contributed by atoms with Gasteiger partial charge >= 0.3 is 5.97 Å². The Morgan fingerprint density at radius 1 is 1.06 bits per heavy atom. The lowest BCUT2D eigenvalue weighted by molar-refractivity contribution is -0.137. The summed E-state index contributed by atoms with van der Waals surface area (Å²) in [5.41, 5.74) is 0.138. The molecule has 2 aromatic carbocycles. The van der Waals surface area contributed by atoms with Crippen LogP contribution in [0.25, 0.3) is 0 Å². The summed E-state index contributed by atoms with van der Waals surface area (Å²) < 4.78 is 5.92. The highest BCUT2D eigenvalue weighted by molar-refractivity contribution is 5.78. The summed E-state index contributed by atoms with van der Waals surface area (Å²) >= 11 is 0. The average molecular weight is 468 g/mol. The van der Waals surface area contributed by atoms with Crippen LogP contribution in [0.5, 0.6) is 11.5 Å². The molecule has 1 aliphatic rings. The molecule has 0 saturated carbocycles. The van der Waals surface area contributed by atoms with E-state index in [1.807, 2.05) is 66.4 Å². The highest BCUT2D eigenvalue weighted by Crippen LogP contribution is 2.29. The summed E-state index contributed by atoms with van der Waals surface area (Å²) in [5.74, 6) is 0.966. The van der Waals surface area contributed by atoms with Gasteiger partial charge in [0.25, 0.3) is 0 Å². The van der Waals surface area contributed by atoms with Crippen LogP contribution in [0.1, 0.15) is 70.3 Å². The maximum absolute atomic E-state index is 12.4. The molecule has 34 heavy (non-hydrogen) atoms. The predicted octanol–water partition coefficient (Wildman–Crippen LogP) is 5.58. The van der Waals surface area contributed by atoms with Gasteiger partial charge in [-0.25, -0.2) is 0 Å². The van der Waals surface area contributed by atoms with Gasteiger partial charge in [0.15, 0.2) is 0 Å². The molecule has 2 atom stereocenters. The first-order chi connectivity index (χ1) is 16.3. The molecule has 1 heterocycles. The second kappa shape index (κ2) is 12.6. The van der Waals surface area contributed by atoms with E-state index in [0.717, 1.165) is 55.7 Å². The quantitative estimate of drug-likeness (QED) is 0.354. The fraction of sp³-hybridized carbons (Fsp3) is 0.500. The molecule has 6 nitrogen and oxygen atoms in total. The second-order valence-corrected chi connectivity index (χ2v) is 9.61. The molecule has 1 fully saturated rings. The van der Waals surface area contributed by atoms with Gasteiger partial charge < -0.3 is 19.8 Å². The molecular formula is C28H37NO5. The van der Waals surface area contributed by atoms with Gasteiger partial charge in [0.2, 0.25) is 5.91 Å². The molecule has 0 spiro atoms. The molecule has 1 saturated heterocycles. The molecule has 1 aliphatic heterocycles. The fourth-order valence-corrected chi connectivity index (χ4v) is 4.66. The Bertz CT molecular complexity index is 927. The minimum absolute atomic E-state index is 0.172. The number of ether oxygens (including phenoxy) is 1. The largest absolute Gasteiger partial charge is 0.481 e. The molecule has 2 N–H and O–H groups in total. The third kappa shape index (κ3) is 8.49. The number of amides is 1. The van der Waals surface area contributed by atoms with Crippen molar-refractivity contribution in [1.82, 2.24) is 4.90 Å². The van der Waals surface area contributed by atoms with Gasteiger partial charge in [0, 0.05) is 31.8 Å². The van der Waals surface area contributed by atoms with Crippen LogP contribution in [-0.2, 0) is 16.0 Å². The Morgan fingerprint density at radius 3 is 2.56 bits per heavy atom. The molecule has 1 amide bonds. The number of carboxylic acids is 1. The summed E-state index contributed by atoms with van der Waals surface area (Å²) in [7, 11) is 0. The number of carbonyl (C=O) groups excluding carboxylic acids is 1. The number of likely N-dealkylation sites (tertiary alicyclic amines) is 1. The zero-order valence-electron chi connectivity index (χ0n) is 20.1. The summed E-state index contributed by atoms with van der Waals surface area (Å²) in [5, 5.41) is 19.8. The van der Waals surface area contributed by atoms with Crippen molar-refractivity contribution < 1.29 is 24.5 Å². The summed E-state index contributed by atoms with van der Waals surface area (Å²) in [6.45, 7) is 2.58. The van der Waals surface area contributed by atoms with Crippen molar-refractivity contribution in [2.24, 2.45) is 0 Å². The number of carboxylic acid groups (broad SMARTS) is 1. The summed E-state index contributed by atoms with van der Waals surface area (Å²) in [4.78, 5) is 24.9. The number of aliphatic carboxylic acids is 1. The standard InChI is InChI=1S/C28H37NO5/c1-28(33,21-22-10-9-13-25(20-22)34-24-11-5-4-6-12-24)18-17-23-15-16-26(30)29(23)19-8-3-2-7-14-27(31)32/h4-6,9-13,20,23,33H,2-3,7-8,14-19,21H2,1H3,(H,31,32)/t23-,28+/m1/s1. The van der Waals surface area contributed by atoms with Crippen LogP contribution in [0, 0.1) is 0 Å². The van der Waals surface area contributed by atoms with Crippen LogP contribution in [0.4, 0.5) is 0 Å². The lowest BCUT2D eigenvalue weighted by Gasteiger charge is -2.29. The van der Waals surface area contributed by atoms with Gasteiger partial charge in [-0.2, -0.15) is 0 Å². The van der Waals surface area contributed by atoms with E-state index in [1.54, 1.807) is 0 Å². The molecule has 6 heteroatoms. The van der Waals surface area contributed by atoms with Gasteiger partial charge in [-0.3, -0.25) is 9.59 Å². The molecule has 0 aliphatic carbocycles. The maximum atomic E-state index is 12.4. The van der Waals surface area contributed by atoms with E-state index < -0.39 is 11.6 Å². The number of aliphatic hydroxyl groups is 1. The molecular weight excluding hydrogens is 430 g/mol. The van der Waals surface area contributed by atoms with E-state index >= 15 is 0 Å². The second-order valence-electron chi connectivity index (χ2n) is 9.61. The zero-order chi connectivity index (χ0) is 24.4. The summed E-state index contributed by atoms with van der Waals surface area (Å²) in [6, 6.07) is 17.6. The van der Waals surface area contributed by atoms with Crippen LogP contribution < -0.4 is 4.74 Å². The van der Waals surface area contributed by atoms with Crippen LogP contribution in [0.15, 0.2) is 54.6 Å². The number of rotatable bonds is 14. The highest BCUT2D eigenvalue weighted by atomic mass is 16.5. The van der Waals surface area contributed by atoms with Gasteiger partial charge in [-0.15, -0.1) is 0 Å². The minimum atomic E-state index is -0.875. The third-order valence-electron chi connectivity index (χ3n) is 6.47. The molecule has 0 bridgehead atoms. The van der Waals surface area contributed by atoms with E-state index in [0.29, 0.717) is 25.7 Å². The fourth-order valence-electron chi connectivity index (χ4n) is 4.66. The first-order valence-electron chi connectivity index (χ1n) is 12.4. The molecule has 0 radical (unpaired) electrons. The van der Waals surface area contributed by atoms with Crippen LogP contribution in [0.3, 0.4) is 0 Å². The average Bonchev–Trinajstić information content (AvgIpc) is 3.14. The van der Waals surface area contributed by atoms with Gasteiger partial charge in [-0.05, 0) is 68.9 Å². The maximum Gasteiger partial charge on any atom is 0.303 e. The molecule has 0 aromatic heterocycles. The highest BCUT2D eigenvalue weighted by Gasteiger charge is 2.32. The van der Waals surface area contributed by atoms with Gasteiger partial charge in [0.1, 0.15) is 11.5 Å². The molecule has 184 valence electrons. The lowest BCUT2D eigenvalue weighted by atomic mass is 9.89. The van der Waals surface area contributed by atoms with Gasteiger partial charge in [0.05, 0.1) is 5.60 Å². The number of unbranched alkanes of at least 4 members (excludes halogenated alkanes) is 3. The van der Waals surface area contributed by atoms with E-state index in [4.69, 9.17) is 9.84 Å². The van der Waals surface area contributed by atoms with E-state index in [-0.39, 0.29) is 18.4 Å². The Hall–Kier alpha value is -2.86. The van der Waals surface area contributed by atoms with Crippen molar-refractivity contribution >= 4 is 11.9 Å². The van der Waals surface area contributed by atoms with Crippen molar-refractivity contribution in [3.8, 4) is 11.5 Å². The molecule has 3 rings (SSSR count). The van der Waals surface area contributed by atoms with Crippen molar-refractivity contribution in [2.45, 2.75) is 82.8 Å². The first kappa shape index (κ1) is 25.8. The third-order valence-corrected chi connectivity index (χ3v) is 6.47. The van der Waals surface area contributed by atoms with Crippen LogP contribution in [0.2, 0.25) is 0 Å². The molecule has 2 aromatic rings. The lowest BCUT2D eigenvalue weighted by Crippen LogP contribution is -2.36. The summed E-state index contributed by atoms with van der Waals surface area (Å²) in [6.07, 6.45) is 6.93. The Labute approximate surface area is 202 Å². The predicted molar refractivity (Wildman–Crippen MR) is 132 cm³/mol. The Kier molecular flexibility index (Phi) is 9.52. The number of nitrogens with zero attached hydrogens (tertiary/aromatic N) is 1. The van der Waals surface area contributed by atoms with Crippen molar-refractivity contribution in [1.29, 1.82) is 0 Å². The zero-order valence-corrected chi connectivity index (χ0v) is 20.1. The Balaban J connectivity index is 1.46. The van der Waals surface area contributed by atoms with Crippen LogP contribution in [-0.4, -0.2) is 45.2 Å². The normalized spacial score (nSPS) is 17.5. The Morgan fingerprint density at radius 2 is 1.79 bits per heavy atom. The monoisotopic (exact) mass is 467 g/mol. The number of hydrogen-bond acceptors (Lipinski definition) is 4. The number of hydrogen-bond donors (Lipinski definition) is 2. The number of carbonyl (C=O) groups is 2. The van der Waals surface area contributed by atoms with E-state index in [1.165, 1.54) is 0 Å². The van der Waals surface area contributed by atoms with Crippen LogP contribution >= 0.6 is 0 Å². The number of benzene rings is 2. The number of para-hydroxylation sites is 1. The first-order valence-corrected chi connectivity index (χ1v) is 12.4. The van der Waals surface area contributed by atoms with Gasteiger partial charge in [-0.1, -0.05) is 43.2 Å². The SMILES string of the molecule is C[C@](O)(CC[C@H]1CCC(=O)N1CCCCCCC(=O)O)Cc1cccc(Oc2ccccc2)c1. The molecule has 0 unspecified atom stereocenters. The smallest absolute Gasteiger partial charge is 0.303 e. The van der Waals surface area contributed by atoms with Crippen molar-refractivity contribution in [3.05, 3.63) is 60.2 Å². The van der Waals surface area contributed by atoms with Crippen molar-refractivity contribution in [2.75, 3.05) is 6.54 Å². The van der Waals surface area contributed by atoms with E-state index in [2.05, 4.69) is 0 Å². The van der Waals surface area contributed by atoms with Crippen molar-refractivity contribution in [3.63, 3.8) is 0 Å². The minimum Gasteiger partial charge on any atom is -0.481 e.